The van der Waals surface area contributed by atoms with Crippen molar-refractivity contribution in [3.8, 4) is 0 Å². The van der Waals surface area contributed by atoms with E-state index in [-0.39, 0.29) is 47.9 Å². The van der Waals surface area contributed by atoms with E-state index in [2.05, 4.69) is 15.5 Å². The summed E-state index contributed by atoms with van der Waals surface area (Å²) in [7, 11) is 3.71. The lowest BCUT2D eigenvalue weighted by Gasteiger charge is -2.36. The Labute approximate surface area is 284 Å². The van der Waals surface area contributed by atoms with Crippen molar-refractivity contribution in [2.45, 2.75) is 97.8 Å². The Kier molecular flexibility index (Phi) is 14.6. The number of carbonyl (C=O) groups is 4. The van der Waals surface area contributed by atoms with Gasteiger partial charge in [-0.25, -0.2) is 9.78 Å². The van der Waals surface area contributed by atoms with Crippen LogP contribution in [-0.2, 0) is 25.5 Å². The van der Waals surface area contributed by atoms with Crippen molar-refractivity contribution >= 4 is 35.0 Å². The number of aromatic nitrogens is 1. The van der Waals surface area contributed by atoms with Crippen LogP contribution in [-0.4, -0.2) is 83.8 Å². The van der Waals surface area contributed by atoms with E-state index < -0.39 is 24.1 Å². The normalized spacial score (nSPS) is 18.1. The van der Waals surface area contributed by atoms with E-state index in [0.29, 0.717) is 17.0 Å². The number of ether oxygens (including phenoxy) is 1. The van der Waals surface area contributed by atoms with Gasteiger partial charge in [0.1, 0.15) is 16.7 Å². The van der Waals surface area contributed by atoms with E-state index in [0.717, 1.165) is 37.8 Å². The van der Waals surface area contributed by atoms with Crippen LogP contribution in [0.4, 0.5) is 0 Å². The molecular formula is C36H53N5O5S. The quantitative estimate of drug-likeness (QED) is 0.199. The highest BCUT2D eigenvalue weighted by molar-refractivity contribution is 7.09. The molecule has 1 fully saturated rings. The second-order valence-corrected chi connectivity index (χ2v) is 13.8. The van der Waals surface area contributed by atoms with Crippen LogP contribution in [0.2, 0.25) is 0 Å². The van der Waals surface area contributed by atoms with E-state index in [9.17, 15) is 19.2 Å². The van der Waals surface area contributed by atoms with Crippen LogP contribution in [0, 0.1) is 11.8 Å². The number of rotatable bonds is 15. The third-order valence-corrected chi connectivity index (χ3v) is 9.83. The van der Waals surface area contributed by atoms with Crippen molar-refractivity contribution < 1.29 is 23.9 Å². The smallest absolute Gasteiger partial charge is 0.333 e. The summed E-state index contributed by atoms with van der Waals surface area (Å²) in [5.74, 6) is -1.16. The summed E-state index contributed by atoms with van der Waals surface area (Å²) in [5.41, 5.74) is 1.65. The Hall–Kier alpha value is -3.57. The fourth-order valence-electron chi connectivity index (χ4n) is 6.00. The summed E-state index contributed by atoms with van der Waals surface area (Å²) in [6.07, 6.45) is 5.77. The number of likely N-dealkylation sites (N-methyl/N-ethyl adjacent to an activating group) is 2. The first-order valence-corrected chi connectivity index (χ1v) is 17.7. The molecule has 0 unspecified atom stereocenters. The van der Waals surface area contributed by atoms with E-state index in [4.69, 9.17) is 9.72 Å². The van der Waals surface area contributed by atoms with Gasteiger partial charge in [-0.15, -0.1) is 11.3 Å². The SMILES string of the molecule is CCOC(=O)/C(C)=C/[C@H](Cc1ccccc1)NC(=O)c1csc([C@H](C(C)C)N(C)C(=O)[C@@H](NC(=O)[C@H]2CCCCN2C)[C@@H](C)CC)n1. The fourth-order valence-corrected chi connectivity index (χ4v) is 7.11. The van der Waals surface area contributed by atoms with Crippen molar-refractivity contribution in [2.24, 2.45) is 11.8 Å². The molecule has 0 bridgehead atoms. The Balaban J connectivity index is 1.81. The van der Waals surface area contributed by atoms with Gasteiger partial charge in [0.25, 0.3) is 5.91 Å². The van der Waals surface area contributed by atoms with Gasteiger partial charge in [-0.1, -0.05) is 76.9 Å². The molecule has 0 radical (unpaired) electrons. The molecule has 47 heavy (non-hydrogen) atoms. The Morgan fingerprint density at radius 2 is 1.81 bits per heavy atom. The summed E-state index contributed by atoms with van der Waals surface area (Å²) in [5, 5.41) is 8.47. The topological polar surface area (TPSA) is 121 Å². The summed E-state index contributed by atoms with van der Waals surface area (Å²) in [4.78, 5) is 61.7. The van der Waals surface area contributed by atoms with Gasteiger partial charge < -0.3 is 20.3 Å². The Morgan fingerprint density at radius 1 is 1.11 bits per heavy atom. The van der Waals surface area contributed by atoms with Crippen LogP contribution < -0.4 is 10.6 Å². The largest absolute Gasteiger partial charge is 0.463 e. The van der Waals surface area contributed by atoms with Gasteiger partial charge in [0.2, 0.25) is 11.8 Å². The van der Waals surface area contributed by atoms with Crippen molar-refractivity contribution in [2.75, 3.05) is 27.2 Å². The Bertz CT molecular complexity index is 1380. The minimum Gasteiger partial charge on any atom is -0.463 e. The zero-order valence-electron chi connectivity index (χ0n) is 29.2. The zero-order chi connectivity index (χ0) is 34.7. The lowest BCUT2D eigenvalue weighted by atomic mass is 9.94. The molecule has 3 rings (SSSR count). The second-order valence-electron chi connectivity index (χ2n) is 12.9. The van der Waals surface area contributed by atoms with Crippen molar-refractivity contribution in [1.82, 2.24) is 25.4 Å². The van der Waals surface area contributed by atoms with Crippen LogP contribution in [0.15, 0.2) is 47.4 Å². The van der Waals surface area contributed by atoms with Crippen LogP contribution in [0.25, 0.3) is 0 Å². The third-order valence-electron chi connectivity index (χ3n) is 8.92. The molecule has 2 N–H and O–H groups in total. The molecule has 3 amide bonds. The van der Waals surface area contributed by atoms with Gasteiger partial charge in [-0.05, 0) is 64.1 Å². The van der Waals surface area contributed by atoms with Gasteiger partial charge in [0, 0.05) is 18.0 Å². The van der Waals surface area contributed by atoms with E-state index in [1.165, 1.54) is 11.3 Å². The molecular weight excluding hydrogens is 614 g/mol. The van der Waals surface area contributed by atoms with Gasteiger partial charge in [0.15, 0.2) is 0 Å². The number of esters is 1. The lowest BCUT2D eigenvalue weighted by molar-refractivity contribution is -0.141. The van der Waals surface area contributed by atoms with E-state index >= 15 is 0 Å². The molecule has 10 nitrogen and oxygen atoms in total. The number of hydrogen-bond acceptors (Lipinski definition) is 8. The summed E-state index contributed by atoms with van der Waals surface area (Å²) < 4.78 is 5.15. The molecule has 2 aromatic rings. The molecule has 5 atom stereocenters. The number of nitrogens with zero attached hydrogens (tertiary/aromatic N) is 3. The molecule has 1 aliphatic rings. The van der Waals surface area contributed by atoms with Gasteiger partial charge in [0.05, 0.1) is 24.7 Å². The van der Waals surface area contributed by atoms with Crippen LogP contribution >= 0.6 is 11.3 Å². The Morgan fingerprint density at radius 3 is 2.43 bits per heavy atom. The number of carbonyl (C=O) groups excluding carboxylic acids is 4. The van der Waals surface area contributed by atoms with Crippen molar-refractivity contribution in [3.05, 3.63) is 63.6 Å². The first-order chi connectivity index (χ1) is 22.4. The fraction of sp³-hybridized carbons (Fsp3) is 0.583. The number of thiazole rings is 1. The highest BCUT2D eigenvalue weighted by atomic mass is 32.1. The van der Waals surface area contributed by atoms with Gasteiger partial charge in [-0.3, -0.25) is 19.3 Å². The minimum atomic E-state index is -0.676. The zero-order valence-corrected chi connectivity index (χ0v) is 30.1. The standard InChI is InChI=1S/C36H53N5O5S/c1-9-24(5)30(39-33(43)29-18-14-15-19-40(29)7)35(44)41(8)31(23(3)4)34-38-28(22-47-34)32(42)37-27(20-25(6)36(45)46-10-2)21-26-16-12-11-13-17-26/h11-13,16-17,20,22-24,27,29-31H,9-10,14-15,18-19,21H2,1-8H3,(H,37,42)(H,39,43)/b25-20+/t24-,27+,29+,30-,31-/m0/s1. The third kappa shape index (κ3) is 10.5. The second kappa shape index (κ2) is 18.1. The maximum Gasteiger partial charge on any atom is 0.333 e. The van der Waals surface area contributed by atoms with E-state index in [1.807, 2.05) is 65.1 Å². The molecule has 1 aliphatic heterocycles. The van der Waals surface area contributed by atoms with Gasteiger partial charge >= 0.3 is 5.97 Å². The maximum atomic E-state index is 14.1. The highest BCUT2D eigenvalue weighted by Crippen LogP contribution is 2.31. The molecule has 1 aromatic carbocycles. The van der Waals surface area contributed by atoms with Crippen LogP contribution in [0.3, 0.4) is 0 Å². The first-order valence-electron chi connectivity index (χ1n) is 16.8. The van der Waals surface area contributed by atoms with Crippen molar-refractivity contribution in [3.63, 3.8) is 0 Å². The van der Waals surface area contributed by atoms with E-state index in [1.54, 1.807) is 37.3 Å². The summed E-state index contributed by atoms with van der Waals surface area (Å²) >= 11 is 1.33. The molecule has 1 aromatic heterocycles. The lowest BCUT2D eigenvalue weighted by Crippen LogP contribution is -2.56. The molecule has 0 spiro atoms. The maximum absolute atomic E-state index is 14.1. The average Bonchev–Trinajstić information content (AvgIpc) is 3.53. The average molecular weight is 668 g/mol. The van der Waals surface area contributed by atoms with Crippen molar-refractivity contribution in [1.29, 1.82) is 0 Å². The molecule has 258 valence electrons. The van der Waals surface area contributed by atoms with Crippen LogP contribution in [0.5, 0.6) is 0 Å². The van der Waals surface area contributed by atoms with Crippen LogP contribution in [0.1, 0.15) is 94.3 Å². The number of benzene rings is 1. The number of likely N-dealkylation sites (tertiary alicyclic amines) is 1. The highest BCUT2D eigenvalue weighted by Gasteiger charge is 2.37. The van der Waals surface area contributed by atoms with Gasteiger partial charge in [-0.2, -0.15) is 0 Å². The number of hydrogen-bond donors (Lipinski definition) is 2. The monoisotopic (exact) mass is 667 g/mol. The predicted octanol–water partition coefficient (Wildman–Crippen LogP) is 5.16. The molecule has 0 saturated carbocycles. The number of piperidine rings is 1. The number of amides is 3. The summed E-state index contributed by atoms with van der Waals surface area (Å²) in [6.45, 7) is 12.6. The minimum absolute atomic E-state index is 0.00948. The number of nitrogens with one attached hydrogen (secondary N) is 2. The predicted molar refractivity (Wildman–Crippen MR) is 186 cm³/mol. The first kappa shape index (κ1) is 37.9. The molecule has 11 heteroatoms. The summed E-state index contributed by atoms with van der Waals surface area (Å²) in [6, 6.07) is 7.92. The molecule has 1 saturated heterocycles. The molecule has 0 aliphatic carbocycles. The molecule has 2 heterocycles.